The van der Waals surface area contributed by atoms with Gasteiger partial charge in [-0.3, -0.25) is 0 Å². The highest BCUT2D eigenvalue weighted by Gasteiger charge is 2.42. The van der Waals surface area contributed by atoms with E-state index in [-0.39, 0.29) is 10.8 Å². The molecule has 0 aromatic heterocycles. The van der Waals surface area contributed by atoms with Crippen molar-refractivity contribution in [1.29, 1.82) is 0 Å². The summed E-state index contributed by atoms with van der Waals surface area (Å²) in [6.45, 7) is 12.5. The molecule has 2 aromatic rings. The van der Waals surface area contributed by atoms with Crippen molar-refractivity contribution in [3.05, 3.63) is 65.2 Å². The van der Waals surface area contributed by atoms with Crippen LogP contribution in [0.2, 0.25) is 0 Å². The molecule has 0 amide bonds. The third-order valence-electron chi connectivity index (χ3n) is 6.72. The van der Waals surface area contributed by atoms with Crippen molar-refractivity contribution in [2.45, 2.75) is 77.0 Å². The monoisotopic (exact) mass is 376 g/mol. The van der Waals surface area contributed by atoms with Crippen molar-refractivity contribution in [3.8, 4) is 5.75 Å². The molecule has 2 aliphatic carbocycles. The first-order valence-electron chi connectivity index (χ1n) is 11.1. The average molecular weight is 377 g/mol. The highest BCUT2D eigenvalue weighted by Crippen LogP contribution is 2.53. The Labute approximate surface area is 171 Å². The Morgan fingerprint density at radius 3 is 2.00 bits per heavy atom. The second-order valence-electron chi connectivity index (χ2n) is 10.8. The lowest BCUT2D eigenvalue weighted by Gasteiger charge is -2.26. The van der Waals surface area contributed by atoms with E-state index in [1.54, 1.807) is 0 Å². The van der Waals surface area contributed by atoms with Crippen LogP contribution in [0, 0.1) is 11.8 Å². The molecule has 0 aliphatic heterocycles. The molecule has 2 unspecified atom stereocenters. The van der Waals surface area contributed by atoms with Crippen molar-refractivity contribution in [3.63, 3.8) is 0 Å². The predicted octanol–water partition coefficient (Wildman–Crippen LogP) is 7.24. The Morgan fingerprint density at radius 1 is 0.821 bits per heavy atom. The standard InChI is InChI=1S/C27H36O/c1-26(2,3)22-10-8-20(9-11-22)25-16-21(25)17-27(4,5)23-12-14-24(15-13-23)28-18-19-6-7-19/h8-15,19,21,25H,6-7,16-18H2,1-5H3. The number of hydrogen-bond acceptors (Lipinski definition) is 1. The first-order valence-corrected chi connectivity index (χ1v) is 11.1. The lowest BCUT2D eigenvalue weighted by molar-refractivity contribution is 0.299. The zero-order chi connectivity index (χ0) is 19.9. The molecular formula is C27H36O. The van der Waals surface area contributed by atoms with Gasteiger partial charge >= 0.3 is 0 Å². The quantitative estimate of drug-likeness (QED) is 0.494. The van der Waals surface area contributed by atoms with Crippen LogP contribution in [-0.4, -0.2) is 6.61 Å². The van der Waals surface area contributed by atoms with Crippen LogP contribution in [0.4, 0.5) is 0 Å². The number of benzene rings is 2. The minimum atomic E-state index is 0.208. The normalized spacial score (nSPS) is 22.2. The van der Waals surface area contributed by atoms with E-state index in [2.05, 4.69) is 83.1 Å². The van der Waals surface area contributed by atoms with Crippen LogP contribution < -0.4 is 4.74 Å². The zero-order valence-electron chi connectivity index (χ0n) is 18.3. The van der Waals surface area contributed by atoms with Gasteiger partial charge in [0.1, 0.15) is 5.75 Å². The predicted molar refractivity (Wildman–Crippen MR) is 118 cm³/mol. The van der Waals surface area contributed by atoms with E-state index in [4.69, 9.17) is 4.74 Å². The number of ether oxygens (including phenoxy) is 1. The van der Waals surface area contributed by atoms with Gasteiger partial charge < -0.3 is 4.74 Å². The van der Waals surface area contributed by atoms with E-state index < -0.39 is 0 Å². The SMILES string of the molecule is CC(C)(C)c1ccc(C2CC2CC(C)(C)c2ccc(OCC3CC3)cc2)cc1. The fourth-order valence-electron chi connectivity index (χ4n) is 4.39. The Morgan fingerprint density at radius 2 is 1.43 bits per heavy atom. The minimum absolute atomic E-state index is 0.208. The van der Waals surface area contributed by atoms with Gasteiger partial charge in [-0.1, -0.05) is 71.0 Å². The molecule has 2 aliphatic rings. The van der Waals surface area contributed by atoms with E-state index in [1.165, 1.54) is 42.4 Å². The van der Waals surface area contributed by atoms with Crippen molar-refractivity contribution in [1.82, 2.24) is 0 Å². The fraction of sp³-hybridized carbons (Fsp3) is 0.556. The average Bonchev–Trinajstić information content (AvgIpc) is 3.56. The molecule has 1 heteroatoms. The maximum Gasteiger partial charge on any atom is 0.119 e. The van der Waals surface area contributed by atoms with Gasteiger partial charge in [0, 0.05) is 0 Å². The molecule has 0 radical (unpaired) electrons. The van der Waals surface area contributed by atoms with Crippen LogP contribution in [0.5, 0.6) is 5.75 Å². The summed E-state index contributed by atoms with van der Waals surface area (Å²) in [5, 5.41) is 0. The number of hydrogen-bond donors (Lipinski definition) is 0. The smallest absolute Gasteiger partial charge is 0.119 e. The topological polar surface area (TPSA) is 9.23 Å². The molecule has 2 saturated carbocycles. The maximum atomic E-state index is 5.90. The first kappa shape index (κ1) is 19.6. The van der Waals surface area contributed by atoms with Gasteiger partial charge in [0.25, 0.3) is 0 Å². The summed E-state index contributed by atoms with van der Waals surface area (Å²) >= 11 is 0. The highest BCUT2D eigenvalue weighted by atomic mass is 16.5. The molecule has 0 heterocycles. The summed E-state index contributed by atoms with van der Waals surface area (Å²) in [5.41, 5.74) is 4.83. The molecule has 1 nitrogen and oxygen atoms in total. The van der Waals surface area contributed by atoms with E-state index in [1.807, 2.05) is 0 Å². The first-order chi connectivity index (χ1) is 13.2. The molecule has 150 valence electrons. The van der Waals surface area contributed by atoms with Gasteiger partial charge in [0.05, 0.1) is 6.61 Å². The number of rotatable bonds is 7. The van der Waals surface area contributed by atoms with E-state index >= 15 is 0 Å². The van der Waals surface area contributed by atoms with E-state index in [9.17, 15) is 0 Å². The van der Waals surface area contributed by atoms with Crippen LogP contribution in [-0.2, 0) is 10.8 Å². The Balaban J connectivity index is 1.34. The molecule has 0 N–H and O–H groups in total. The van der Waals surface area contributed by atoms with Gasteiger partial charge in [0.2, 0.25) is 0 Å². The largest absolute Gasteiger partial charge is 0.493 e. The van der Waals surface area contributed by atoms with Gasteiger partial charge in [-0.2, -0.15) is 0 Å². The van der Waals surface area contributed by atoms with Gasteiger partial charge in [-0.05, 0) is 83.1 Å². The molecular weight excluding hydrogens is 340 g/mol. The molecule has 0 spiro atoms. The van der Waals surface area contributed by atoms with Gasteiger partial charge in [-0.25, -0.2) is 0 Å². The van der Waals surface area contributed by atoms with Gasteiger partial charge in [-0.15, -0.1) is 0 Å². The van der Waals surface area contributed by atoms with E-state index in [0.717, 1.165) is 30.1 Å². The lowest BCUT2D eigenvalue weighted by Crippen LogP contribution is -2.18. The molecule has 0 bridgehead atoms. The summed E-state index contributed by atoms with van der Waals surface area (Å²) in [4.78, 5) is 0. The summed E-state index contributed by atoms with van der Waals surface area (Å²) in [5.74, 6) is 3.38. The van der Waals surface area contributed by atoms with Gasteiger partial charge in [0.15, 0.2) is 0 Å². The van der Waals surface area contributed by atoms with Crippen LogP contribution in [0.1, 0.15) is 82.9 Å². The fourth-order valence-corrected chi connectivity index (χ4v) is 4.39. The van der Waals surface area contributed by atoms with Crippen LogP contribution in [0.15, 0.2) is 48.5 Å². The Hall–Kier alpha value is -1.76. The molecule has 4 rings (SSSR count). The maximum absolute atomic E-state index is 5.90. The summed E-state index contributed by atoms with van der Waals surface area (Å²) in [6.07, 6.45) is 5.26. The van der Waals surface area contributed by atoms with E-state index in [0.29, 0.717) is 0 Å². The highest BCUT2D eigenvalue weighted by molar-refractivity contribution is 5.35. The molecule has 2 atom stereocenters. The summed E-state index contributed by atoms with van der Waals surface area (Å²) in [7, 11) is 0. The summed E-state index contributed by atoms with van der Waals surface area (Å²) < 4.78 is 5.90. The lowest BCUT2D eigenvalue weighted by atomic mass is 9.79. The van der Waals surface area contributed by atoms with Crippen LogP contribution in [0.25, 0.3) is 0 Å². The molecule has 2 aromatic carbocycles. The van der Waals surface area contributed by atoms with Crippen LogP contribution >= 0.6 is 0 Å². The second-order valence-corrected chi connectivity index (χ2v) is 10.8. The zero-order valence-corrected chi connectivity index (χ0v) is 18.3. The van der Waals surface area contributed by atoms with Crippen molar-refractivity contribution in [2.24, 2.45) is 11.8 Å². The molecule has 2 fully saturated rings. The summed E-state index contributed by atoms with van der Waals surface area (Å²) in [6, 6.07) is 18.3. The Bertz CT molecular complexity index is 788. The molecule has 28 heavy (non-hydrogen) atoms. The van der Waals surface area contributed by atoms with Crippen molar-refractivity contribution < 1.29 is 4.74 Å². The second kappa shape index (κ2) is 7.25. The minimum Gasteiger partial charge on any atom is -0.493 e. The molecule has 0 saturated heterocycles. The third-order valence-corrected chi connectivity index (χ3v) is 6.72. The van der Waals surface area contributed by atoms with Crippen molar-refractivity contribution >= 4 is 0 Å². The Kier molecular flexibility index (Phi) is 5.06. The third kappa shape index (κ3) is 4.62. The van der Waals surface area contributed by atoms with Crippen molar-refractivity contribution in [2.75, 3.05) is 6.61 Å². The van der Waals surface area contributed by atoms with Crippen LogP contribution in [0.3, 0.4) is 0 Å².